The molecule has 1 aromatic carbocycles. The molecule has 1 N–H and O–H groups in total. The molecule has 4 heteroatoms. The van der Waals surface area contributed by atoms with Crippen LogP contribution in [0.25, 0.3) is 0 Å². The zero-order valence-corrected chi connectivity index (χ0v) is 11.8. The molecule has 2 fully saturated rings. The molecule has 96 valence electrons. The van der Waals surface area contributed by atoms with E-state index < -0.39 is 11.4 Å². The van der Waals surface area contributed by atoms with Crippen LogP contribution in [-0.4, -0.2) is 17.2 Å². The summed E-state index contributed by atoms with van der Waals surface area (Å²) in [6.45, 7) is 1.98. The molecule has 0 unspecified atom stereocenters. The molecule has 0 aliphatic heterocycles. The maximum absolute atomic E-state index is 11.5. The summed E-state index contributed by atoms with van der Waals surface area (Å²) in [5, 5.41) is 9.44. The molecule has 3 rings (SSSR count). The molecule has 0 radical (unpaired) electrons. The number of aryl methyl sites for hydroxylation is 1. The standard InChI is InChI=1S/C14H15BrO3/c1-8-6-10(14(4-5-14)13(16)17)12(11(15)7-8)18-9-2-3-9/h6-7,9H,2-5H2,1H3,(H,16,17). The fourth-order valence-electron chi connectivity index (χ4n) is 2.28. The molecule has 2 aliphatic rings. The molecule has 2 aliphatic carbocycles. The zero-order chi connectivity index (χ0) is 12.9. The number of carbonyl (C=O) groups is 1. The number of hydrogen-bond donors (Lipinski definition) is 1. The predicted molar refractivity (Wildman–Crippen MR) is 71.1 cm³/mol. The first-order valence-corrected chi connectivity index (χ1v) is 7.03. The predicted octanol–water partition coefficient (Wildman–Crippen LogP) is 3.41. The van der Waals surface area contributed by atoms with Gasteiger partial charge in [-0.3, -0.25) is 4.79 Å². The Morgan fingerprint density at radius 3 is 2.61 bits per heavy atom. The van der Waals surface area contributed by atoms with E-state index in [1.165, 1.54) is 0 Å². The Kier molecular flexibility index (Phi) is 2.66. The van der Waals surface area contributed by atoms with Crippen molar-refractivity contribution in [2.45, 2.75) is 44.1 Å². The number of carboxylic acids is 1. The molecular formula is C14H15BrO3. The van der Waals surface area contributed by atoms with Crippen LogP contribution in [0, 0.1) is 6.92 Å². The van der Waals surface area contributed by atoms with Crippen LogP contribution < -0.4 is 4.74 Å². The van der Waals surface area contributed by atoms with Gasteiger partial charge in [0.05, 0.1) is 16.0 Å². The third-order valence-corrected chi connectivity index (χ3v) is 4.26. The lowest BCUT2D eigenvalue weighted by molar-refractivity contribution is -0.140. The lowest BCUT2D eigenvalue weighted by Crippen LogP contribution is -2.21. The van der Waals surface area contributed by atoms with Crippen molar-refractivity contribution in [1.82, 2.24) is 0 Å². The zero-order valence-electron chi connectivity index (χ0n) is 10.2. The van der Waals surface area contributed by atoms with Crippen molar-refractivity contribution in [3.8, 4) is 5.75 Å². The normalized spacial score (nSPS) is 20.6. The van der Waals surface area contributed by atoms with Crippen LogP contribution in [0.5, 0.6) is 5.75 Å². The molecule has 2 saturated carbocycles. The Labute approximate surface area is 114 Å². The first-order valence-electron chi connectivity index (χ1n) is 6.23. The molecule has 0 heterocycles. The van der Waals surface area contributed by atoms with E-state index in [1.807, 2.05) is 19.1 Å². The van der Waals surface area contributed by atoms with Gasteiger partial charge in [0.15, 0.2) is 0 Å². The lowest BCUT2D eigenvalue weighted by Gasteiger charge is -2.18. The van der Waals surface area contributed by atoms with Crippen LogP contribution in [-0.2, 0) is 10.2 Å². The second kappa shape index (κ2) is 3.98. The van der Waals surface area contributed by atoms with Crippen molar-refractivity contribution in [2.75, 3.05) is 0 Å². The topological polar surface area (TPSA) is 46.5 Å². The summed E-state index contributed by atoms with van der Waals surface area (Å²) in [7, 11) is 0. The second-order valence-corrected chi connectivity index (χ2v) is 6.18. The average Bonchev–Trinajstić information content (AvgIpc) is 3.13. The number of ether oxygens (including phenoxy) is 1. The minimum absolute atomic E-state index is 0.271. The van der Waals surface area contributed by atoms with Crippen molar-refractivity contribution in [3.63, 3.8) is 0 Å². The SMILES string of the molecule is Cc1cc(Br)c(OC2CC2)c(C2(C(=O)O)CC2)c1. The Bertz CT molecular complexity index is 516. The van der Waals surface area contributed by atoms with Gasteiger partial charge in [-0.25, -0.2) is 0 Å². The average molecular weight is 311 g/mol. The van der Waals surface area contributed by atoms with E-state index in [9.17, 15) is 9.90 Å². The van der Waals surface area contributed by atoms with E-state index in [0.717, 1.165) is 34.2 Å². The van der Waals surface area contributed by atoms with Crippen LogP contribution in [0.15, 0.2) is 16.6 Å². The van der Waals surface area contributed by atoms with Crippen LogP contribution in [0.3, 0.4) is 0 Å². The highest BCUT2D eigenvalue weighted by atomic mass is 79.9. The van der Waals surface area contributed by atoms with Crippen molar-refractivity contribution < 1.29 is 14.6 Å². The summed E-state index contributed by atoms with van der Waals surface area (Å²) in [4.78, 5) is 11.5. The van der Waals surface area contributed by atoms with Gasteiger partial charge < -0.3 is 9.84 Å². The number of hydrogen-bond acceptors (Lipinski definition) is 2. The van der Waals surface area contributed by atoms with Gasteiger partial charge in [-0.05, 0) is 60.2 Å². The number of rotatable bonds is 4. The van der Waals surface area contributed by atoms with Gasteiger partial charge in [0, 0.05) is 5.56 Å². The Morgan fingerprint density at radius 1 is 1.44 bits per heavy atom. The highest BCUT2D eigenvalue weighted by Gasteiger charge is 2.54. The van der Waals surface area contributed by atoms with E-state index in [1.54, 1.807) is 0 Å². The maximum Gasteiger partial charge on any atom is 0.314 e. The fourth-order valence-corrected chi connectivity index (χ4v) is 2.95. The number of benzene rings is 1. The molecule has 0 aromatic heterocycles. The summed E-state index contributed by atoms with van der Waals surface area (Å²) < 4.78 is 6.78. The molecule has 18 heavy (non-hydrogen) atoms. The lowest BCUT2D eigenvalue weighted by atomic mass is 9.93. The van der Waals surface area contributed by atoms with Crippen molar-refractivity contribution in [3.05, 3.63) is 27.7 Å². The molecule has 1 aromatic rings. The smallest absolute Gasteiger partial charge is 0.314 e. The maximum atomic E-state index is 11.5. The van der Waals surface area contributed by atoms with Crippen molar-refractivity contribution in [2.24, 2.45) is 0 Å². The van der Waals surface area contributed by atoms with Gasteiger partial charge in [-0.2, -0.15) is 0 Å². The number of halogens is 1. The summed E-state index contributed by atoms with van der Waals surface area (Å²) in [6.07, 6.45) is 3.82. The molecule has 0 saturated heterocycles. The van der Waals surface area contributed by atoms with Crippen molar-refractivity contribution in [1.29, 1.82) is 0 Å². The largest absolute Gasteiger partial charge is 0.489 e. The van der Waals surface area contributed by atoms with Crippen LogP contribution >= 0.6 is 15.9 Å². The Morgan fingerprint density at radius 2 is 2.11 bits per heavy atom. The van der Waals surface area contributed by atoms with E-state index in [2.05, 4.69) is 15.9 Å². The quantitative estimate of drug-likeness (QED) is 0.927. The highest BCUT2D eigenvalue weighted by molar-refractivity contribution is 9.10. The third-order valence-electron chi connectivity index (χ3n) is 3.67. The van der Waals surface area contributed by atoms with Gasteiger partial charge in [-0.15, -0.1) is 0 Å². The Balaban J connectivity index is 2.08. The third kappa shape index (κ3) is 1.92. The van der Waals surface area contributed by atoms with Crippen molar-refractivity contribution >= 4 is 21.9 Å². The molecular weight excluding hydrogens is 296 g/mol. The molecule has 0 bridgehead atoms. The van der Waals surface area contributed by atoms with Crippen LogP contribution in [0.4, 0.5) is 0 Å². The van der Waals surface area contributed by atoms with Gasteiger partial charge in [0.25, 0.3) is 0 Å². The monoisotopic (exact) mass is 310 g/mol. The van der Waals surface area contributed by atoms with E-state index >= 15 is 0 Å². The molecule has 3 nitrogen and oxygen atoms in total. The van der Waals surface area contributed by atoms with Gasteiger partial charge in [0.2, 0.25) is 0 Å². The summed E-state index contributed by atoms with van der Waals surface area (Å²) in [6, 6.07) is 3.95. The summed E-state index contributed by atoms with van der Waals surface area (Å²) in [5.74, 6) is 0.00338. The van der Waals surface area contributed by atoms with E-state index in [4.69, 9.17) is 4.74 Å². The molecule has 0 spiro atoms. The van der Waals surface area contributed by atoms with Crippen LogP contribution in [0.1, 0.15) is 36.8 Å². The first kappa shape index (κ1) is 12.0. The molecule has 0 atom stereocenters. The first-order chi connectivity index (χ1) is 8.53. The van der Waals surface area contributed by atoms with E-state index in [0.29, 0.717) is 12.8 Å². The number of aliphatic carboxylic acids is 1. The Hall–Kier alpha value is -1.03. The summed E-state index contributed by atoms with van der Waals surface area (Å²) >= 11 is 3.51. The summed E-state index contributed by atoms with van der Waals surface area (Å²) in [5.41, 5.74) is 1.19. The second-order valence-electron chi connectivity index (χ2n) is 5.33. The van der Waals surface area contributed by atoms with Gasteiger partial charge >= 0.3 is 5.97 Å². The fraction of sp³-hybridized carbons (Fsp3) is 0.500. The van der Waals surface area contributed by atoms with E-state index in [-0.39, 0.29) is 6.10 Å². The van der Waals surface area contributed by atoms with Gasteiger partial charge in [-0.1, -0.05) is 6.07 Å². The number of carboxylic acid groups (broad SMARTS) is 1. The minimum Gasteiger partial charge on any atom is -0.489 e. The highest BCUT2D eigenvalue weighted by Crippen LogP contribution is 2.54. The minimum atomic E-state index is -0.736. The van der Waals surface area contributed by atoms with Crippen LogP contribution in [0.2, 0.25) is 0 Å². The van der Waals surface area contributed by atoms with Gasteiger partial charge in [0.1, 0.15) is 5.75 Å². The molecule has 0 amide bonds.